The third-order valence-corrected chi connectivity index (χ3v) is 1.46. The van der Waals surface area contributed by atoms with Crippen molar-refractivity contribution in [2.24, 2.45) is 0 Å². The van der Waals surface area contributed by atoms with Gasteiger partial charge >= 0.3 is 0 Å². The number of aliphatic hydroxyl groups excluding tert-OH is 1. The Morgan fingerprint density at radius 2 is 1.69 bits per heavy atom. The number of halogens is 3. The highest BCUT2D eigenvalue weighted by atomic mass is 19.2. The molecule has 0 fully saturated rings. The molecular weight excluding hydrogens is 183 g/mol. The van der Waals surface area contributed by atoms with Crippen molar-refractivity contribution in [1.29, 1.82) is 5.26 Å². The van der Waals surface area contributed by atoms with Gasteiger partial charge in [-0.1, -0.05) is 0 Å². The lowest BCUT2D eigenvalue weighted by atomic mass is 10.1. The molecule has 0 radical (unpaired) electrons. The number of hydrogen-bond acceptors (Lipinski definition) is 2. The maximum atomic E-state index is 12.8. The standard InChI is InChI=1S/C8H4F3NO/c9-5-2-7(11)6(10)1-4(5)8(13)3-12/h1-2,8,13H/t8-/m0/s1. The maximum absolute atomic E-state index is 12.8. The lowest BCUT2D eigenvalue weighted by Gasteiger charge is -2.03. The summed E-state index contributed by atoms with van der Waals surface area (Å²) < 4.78 is 37.6. The van der Waals surface area contributed by atoms with Crippen molar-refractivity contribution in [3.63, 3.8) is 0 Å². The van der Waals surface area contributed by atoms with Crippen LogP contribution in [0.4, 0.5) is 13.2 Å². The second kappa shape index (κ2) is 3.46. The predicted octanol–water partition coefficient (Wildman–Crippen LogP) is 1.66. The zero-order valence-corrected chi connectivity index (χ0v) is 6.26. The highest BCUT2D eigenvalue weighted by Crippen LogP contribution is 2.19. The number of aliphatic hydroxyl groups is 1. The van der Waals surface area contributed by atoms with Crippen LogP contribution in [0.25, 0.3) is 0 Å². The third-order valence-electron chi connectivity index (χ3n) is 1.46. The van der Waals surface area contributed by atoms with Crippen LogP contribution in [0.15, 0.2) is 12.1 Å². The minimum atomic E-state index is -1.78. The van der Waals surface area contributed by atoms with Gasteiger partial charge in [-0.2, -0.15) is 5.26 Å². The SMILES string of the molecule is N#C[C@H](O)c1cc(F)c(F)cc1F. The average Bonchev–Trinajstić information content (AvgIpc) is 2.10. The van der Waals surface area contributed by atoms with Crippen LogP contribution in [0.2, 0.25) is 0 Å². The summed E-state index contributed by atoms with van der Waals surface area (Å²) in [7, 11) is 0. The van der Waals surface area contributed by atoms with E-state index < -0.39 is 29.1 Å². The van der Waals surface area contributed by atoms with Crippen LogP contribution < -0.4 is 0 Å². The van der Waals surface area contributed by atoms with E-state index in [-0.39, 0.29) is 6.07 Å². The summed E-state index contributed by atoms with van der Waals surface area (Å²) in [6.45, 7) is 0. The fourth-order valence-corrected chi connectivity index (χ4v) is 0.817. The average molecular weight is 187 g/mol. The molecule has 0 saturated heterocycles. The number of hydrogen-bond donors (Lipinski definition) is 1. The Morgan fingerprint density at radius 3 is 2.23 bits per heavy atom. The molecule has 1 aromatic carbocycles. The van der Waals surface area contributed by atoms with Gasteiger partial charge in [-0.15, -0.1) is 0 Å². The minimum absolute atomic E-state index is 0.283. The molecule has 0 aromatic heterocycles. The van der Waals surface area contributed by atoms with E-state index in [1.807, 2.05) is 0 Å². The monoisotopic (exact) mass is 187 g/mol. The first kappa shape index (κ1) is 9.55. The molecule has 1 rings (SSSR count). The molecule has 2 nitrogen and oxygen atoms in total. The van der Waals surface area contributed by atoms with E-state index in [1.54, 1.807) is 0 Å². The van der Waals surface area contributed by atoms with E-state index >= 15 is 0 Å². The van der Waals surface area contributed by atoms with Crippen LogP contribution in [0.5, 0.6) is 0 Å². The van der Waals surface area contributed by atoms with Crippen molar-refractivity contribution >= 4 is 0 Å². The van der Waals surface area contributed by atoms with Gasteiger partial charge in [0.25, 0.3) is 0 Å². The van der Waals surface area contributed by atoms with Gasteiger partial charge in [0.2, 0.25) is 0 Å². The first-order chi connectivity index (χ1) is 6.06. The van der Waals surface area contributed by atoms with Crippen LogP contribution in [0, 0.1) is 28.8 Å². The second-order valence-corrected chi connectivity index (χ2v) is 2.32. The van der Waals surface area contributed by atoms with Crippen LogP contribution >= 0.6 is 0 Å². The van der Waals surface area contributed by atoms with E-state index in [4.69, 9.17) is 10.4 Å². The molecule has 0 amide bonds. The summed E-state index contributed by atoms with van der Waals surface area (Å²) in [6.07, 6.45) is -1.78. The molecule has 1 atom stereocenters. The first-order valence-electron chi connectivity index (χ1n) is 3.28. The molecule has 1 aromatic rings. The number of nitriles is 1. The van der Waals surface area contributed by atoms with Gasteiger partial charge in [-0.05, 0) is 6.07 Å². The fraction of sp³-hybridized carbons (Fsp3) is 0.125. The smallest absolute Gasteiger partial charge is 0.168 e. The van der Waals surface area contributed by atoms with Gasteiger partial charge in [-0.25, -0.2) is 13.2 Å². The van der Waals surface area contributed by atoms with E-state index in [1.165, 1.54) is 6.07 Å². The highest BCUT2D eigenvalue weighted by Gasteiger charge is 2.15. The number of rotatable bonds is 1. The lowest BCUT2D eigenvalue weighted by molar-refractivity contribution is 0.229. The summed E-state index contributed by atoms with van der Waals surface area (Å²) in [5, 5.41) is 17.0. The van der Waals surface area contributed by atoms with Crippen molar-refractivity contribution in [2.45, 2.75) is 6.10 Å². The molecule has 68 valence electrons. The Labute approximate surface area is 71.8 Å². The zero-order valence-electron chi connectivity index (χ0n) is 6.26. The summed E-state index contributed by atoms with van der Waals surface area (Å²) in [5.74, 6) is -3.80. The zero-order chi connectivity index (χ0) is 10.0. The molecule has 0 aliphatic rings. The third kappa shape index (κ3) is 1.79. The van der Waals surface area contributed by atoms with Gasteiger partial charge in [0, 0.05) is 11.6 Å². The lowest BCUT2D eigenvalue weighted by Crippen LogP contribution is -2.00. The Morgan fingerprint density at radius 1 is 1.15 bits per heavy atom. The van der Waals surface area contributed by atoms with Crippen LogP contribution in [0.1, 0.15) is 11.7 Å². The molecular formula is C8H4F3NO. The van der Waals surface area contributed by atoms with E-state index in [2.05, 4.69) is 0 Å². The number of nitrogens with zero attached hydrogens (tertiary/aromatic N) is 1. The van der Waals surface area contributed by atoms with Gasteiger partial charge in [-0.3, -0.25) is 0 Å². The van der Waals surface area contributed by atoms with Gasteiger partial charge < -0.3 is 5.11 Å². The maximum Gasteiger partial charge on any atom is 0.168 e. The molecule has 13 heavy (non-hydrogen) atoms. The van der Waals surface area contributed by atoms with Crippen molar-refractivity contribution in [3.8, 4) is 6.07 Å². The Balaban J connectivity index is 3.25. The quantitative estimate of drug-likeness (QED) is 0.536. The molecule has 0 aliphatic heterocycles. The van der Waals surface area contributed by atoms with Gasteiger partial charge in [0.05, 0.1) is 6.07 Å². The Hall–Kier alpha value is -1.54. The number of benzene rings is 1. The van der Waals surface area contributed by atoms with Crippen molar-refractivity contribution in [1.82, 2.24) is 0 Å². The topological polar surface area (TPSA) is 44.0 Å². The highest BCUT2D eigenvalue weighted by molar-refractivity contribution is 5.25. The predicted molar refractivity (Wildman–Crippen MR) is 36.9 cm³/mol. The van der Waals surface area contributed by atoms with Crippen molar-refractivity contribution in [2.75, 3.05) is 0 Å². The van der Waals surface area contributed by atoms with Crippen molar-refractivity contribution in [3.05, 3.63) is 35.1 Å². The summed E-state index contributed by atoms with van der Waals surface area (Å²) in [5.41, 5.74) is -0.568. The second-order valence-electron chi connectivity index (χ2n) is 2.32. The van der Waals surface area contributed by atoms with Gasteiger partial charge in [0.15, 0.2) is 17.7 Å². The minimum Gasteiger partial charge on any atom is -0.374 e. The summed E-state index contributed by atoms with van der Waals surface area (Å²) in [6, 6.07) is 2.04. The van der Waals surface area contributed by atoms with E-state index in [0.29, 0.717) is 6.07 Å². The van der Waals surface area contributed by atoms with Crippen LogP contribution in [0.3, 0.4) is 0 Å². The first-order valence-corrected chi connectivity index (χ1v) is 3.28. The van der Waals surface area contributed by atoms with Crippen molar-refractivity contribution < 1.29 is 18.3 Å². The molecule has 0 aliphatic carbocycles. The fourth-order valence-electron chi connectivity index (χ4n) is 0.817. The van der Waals surface area contributed by atoms with E-state index in [9.17, 15) is 13.2 Å². The normalized spacial score (nSPS) is 12.2. The molecule has 1 N–H and O–H groups in total. The molecule has 5 heteroatoms. The molecule has 0 saturated carbocycles. The van der Waals surface area contributed by atoms with E-state index in [0.717, 1.165) is 0 Å². The Bertz CT molecular complexity index is 372. The van der Waals surface area contributed by atoms with Crippen LogP contribution in [-0.4, -0.2) is 5.11 Å². The van der Waals surface area contributed by atoms with Gasteiger partial charge in [0.1, 0.15) is 5.82 Å². The molecule has 0 bridgehead atoms. The molecule has 0 unspecified atom stereocenters. The molecule has 0 heterocycles. The Kier molecular flexibility index (Phi) is 2.54. The summed E-state index contributed by atoms with van der Waals surface area (Å²) >= 11 is 0. The molecule has 0 spiro atoms. The largest absolute Gasteiger partial charge is 0.374 e. The summed E-state index contributed by atoms with van der Waals surface area (Å²) in [4.78, 5) is 0. The van der Waals surface area contributed by atoms with Crippen LogP contribution in [-0.2, 0) is 0 Å².